The molecular formula is C19H23FN4O3. The average Bonchev–Trinajstić information content (AvgIpc) is 3.05. The number of halogens is 1. The maximum Gasteiger partial charge on any atom is 0.242 e. The minimum Gasteiger partial charge on any atom is -0.367 e. The number of piperazine rings is 1. The Morgan fingerprint density at radius 2 is 1.93 bits per heavy atom. The van der Waals surface area contributed by atoms with Gasteiger partial charge in [-0.2, -0.15) is 0 Å². The molecule has 1 atom stereocenters. The molecule has 3 rings (SSSR count). The number of hydrogen-bond donors (Lipinski definition) is 1. The predicted molar refractivity (Wildman–Crippen MR) is 99.5 cm³/mol. The first kappa shape index (κ1) is 19.0. The van der Waals surface area contributed by atoms with Crippen molar-refractivity contribution in [1.29, 1.82) is 0 Å². The number of nitrogens with zero attached hydrogens (tertiary/aromatic N) is 3. The zero-order chi connectivity index (χ0) is 19.6. The van der Waals surface area contributed by atoms with E-state index in [1.165, 1.54) is 13.0 Å². The van der Waals surface area contributed by atoms with E-state index in [0.717, 1.165) is 0 Å². The molecule has 0 aliphatic carbocycles. The van der Waals surface area contributed by atoms with Crippen molar-refractivity contribution in [2.45, 2.75) is 26.8 Å². The fourth-order valence-corrected chi connectivity index (χ4v) is 3.15. The van der Waals surface area contributed by atoms with Crippen LogP contribution in [-0.4, -0.2) is 54.0 Å². The van der Waals surface area contributed by atoms with Gasteiger partial charge in [0.2, 0.25) is 5.91 Å². The van der Waals surface area contributed by atoms with Gasteiger partial charge in [-0.3, -0.25) is 14.5 Å². The van der Waals surface area contributed by atoms with Crippen LogP contribution in [0.2, 0.25) is 0 Å². The largest absolute Gasteiger partial charge is 0.367 e. The fourth-order valence-electron chi connectivity index (χ4n) is 3.15. The first-order chi connectivity index (χ1) is 12.8. The number of anilines is 2. The molecule has 0 bridgehead atoms. The number of nitrogens with one attached hydrogen (secondary N) is 1. The van der Waals surface area contributed by atoms with Crippen molar-refractivity contribution in [2.24, 2.45) is 0 Å². The predicted octanol–water partition coefficient (Wildman–Crippen LogP) is 2.47. The third-order valence-electron chi connectivity index (χ3n) is 4.82. The van der Waals surface area contributed by atoms with Crippen molar-refractivity contribution in [1.82, 2.24) is 10.1 Å². The molecule has 0 radical (unpaired) electrons. The van der Waals surface area contributed by atoms with Crippen molar-refractivity contribution in [3.05, 3.63) is 41.4 Å². The Morgan fingerprint density at radius 1 is 1.22 bits per heavy atom. The molecule has 0 spiro atoms. The molecule has 1 N–H and O–H groups in total. The highest BCUT2D eigenvalue weighted by Gasteiger charge is 2.27. The van der Waals surface area contributed by atoms with E-state index in [0.29, 0.717) is 49.0 Å². The lowest BCUT2D eigenvalue weighted by Gasteiger charge is -2.38. The molecule has 1 aromatic carbocycles. The number of rotatable bonds is 5. The summed E-state index contributed by atoms with van der Waals surface area (Å²) in [6.07, 6.45) is 0. The quantitative estimate of drug-likeness (QED) is 0.810. The number of ketones is 1. The molecule has 8 heteroatoms. The Bertz CT molecular complexity index is 843. The van der Waals surface area contributed by atoms with E-state index in [-0.39, 0.29) is 17.7 Å². The number of carbonyl (C=O) groups excluding carboxylic acids is 2. The molecule has 2 aromatic rings. The molecule has 1 unspecified atom stereocenters. The molecule has 1 aromatic heterocycles. The number of hydrogen-bond acceptors (Lipinski definition) is 6. The second-order valence-corrected chi connectivity index (χ2v) is 6.73. The lowest BCUT2D eigenvalue weighted by Crippen LogP contribution is -2.53. The minimum absolute atomic E-state index is 0.159. The summed E-state index contributed by atoms with van der Waals surface area (Å²) in [4.78, 5) is 27.7. The number of Topliss-reactive ketones (excluding diaryl/α,β-unsaturated/α-hetero) is 1. The molecule has 1 saturated heterocycles. The summed E-state index contributed by atoms with van der Waals surface area (Å²) in [6.45, 7) is 7.45. The van der Waals surface area contributed by atoms with E-state index in [9.17, 15) is 14.0 Å². The molecule has 2 heterocycles. The molecule has 1 aliphatic rings. The summed E-state index contributed by atoms with van der Waals surface area (Å²) < 4.78 is 19.3. The van der Waals surface area contributed by atoms with Crippen molar-refractivity contribution in [3.63, 3.8) is 0 Å². The van der Waals surface area contributed by atoms with E-state index in [4.69, 9.17) is 4.52 Å². The van der Waals surface area contributed by atoms with Gasteiger partial charge >= 0.3 is 0 Å². The molecule has 0 saturated carbocycles. The van der Waals surface area contributed by atoms with Crippen LogP contribution in [0.25, 0.3) is 0 Å². The number of benzene rings is 1. The van der Waals surface area contributed by atoms with Gasteiger partial charge in [0.15, 0.2) is 11.6 Å². The number of carbonyl (C=O) groups is 2. The van der Waals surface area contributed by atoms with Crippen LogP contribution in [-0.2, 0) is 4.79 Å². The van der Waals surface area contributed by atoms with E-state index < -0.39 is 5.82 Å². The molecule has 1 amide bonds. The highest BCUT2D eigenvalue weighted by Crippen LogP contribution is 2.23. The van der Waals surface area contributed by atoms with Crippen LogP contribution in [0.5, 0.6) is 0 Å². The second-order valence-electron chi connectivity index (χ2n) is 6.73. The minimum atomic E-state index is -0.400. The molecule has 27 heavy (non-hydrogen) atoms. The Morgan fingerprint density at radius 3 is 2.48 bits per heavy atom. The maximum absolute atomic E-state index is 14.3. The third kappa shape index (κ3) is 4.33. The van der Waals surface area contributed by atoms with Gasteiger partial charge < -0.3 is 14.7 Å². The number of amides is 1. The van der Waals surface area contributed by atoms with E-state index in [1.54, 1.807) is 25.1 Å². The summed E-state index contributed by atoms with van der Waals surface area (Å²) in [6, 6.07) is 5.89. The average molecular weight is 374 g/mol. The van der Waals surface area contributed by atoms with Crippen molar-refractivity contribution in [2.75, 3.05) is 36.4 Å². The van der Waals surface area contributed by atoms with Crippen LogP contribution in [0.4, 0.5) is 15.9 Å². The van der Waals surface area contributed by atoms with E-state index >= 15 is 0 Å². The zero-order valence-corrected chi connectivity index (χ0v) is 15.7. The Balaban J connectivity index is 1.58. The van der Waals surface area contributed by atoms with Crippen LogP contribution in [0.1, 0.15) is 30.0 Å². The lowest BCUT2D eigenvalue weighted by atomic mass is 10.1. The van der Waals surface area contributed by atoms with Crippen LogP contribution in [0, 0.1) is 12.7 Å². The van der Waals surface area contributed by atoms with Gasteiger partial charge in [0.25, 0.3) is 0 Å². The first-order valence-corrected chi connectivity index (χ1v) is 8.89. The monoisotopic (exact) mass is 374 g/mol. The molecule has 1 aliphatic heterocycles. The summed E-state index contributed by atoms with van der Waals surface area (Å²) in [5, 5.41) is 6.50. The topological polar surface area (TPSA) is 78.7 Å². The SMILES string of the molecule is CC(=O)c1ccc(N2CCN(C(C)C(=O)Nc3cc(C)on3)CC2)c(F)c1. The van der Waals surface area contributed by atoms with Gasteiger partial charge in [0.05, 0.1) is 11.7 Å². The van der Waals surface area contributed by atoms with Crippen molar-refractivity contribution in [3.8, 4) is 0 Å². The van der Waals surface area contributed by atoms with Crippen molar-refractivity contribution < 1.29 is 18.5 Å². The highest BCUT2D eigenvalue weighted by molar-refractivity contribution is 5.94. The summed E-state index contributed by atoms with van der Waals surface area (Å²) in [7, 11) is 0. The molecular weight excluding hydrogens is 351 g/mol. The van der Waals surface area contributed by atoms with Crippen LogP contribution in [0.15, 0.2) is 28.8 Å². The second kappa shape index (κ2) is 7.87. The number of aryl methyl sites for hydroxylation is 1. The van der Waals surface area contributed by atoms with Gasteiger partial charge in [0.1, 0.15) is 11.6 Å². The highest BCUT2D eigenvalue weighted by atomic mass is 19.1. The Labute approximate surface area is 157 Å². The van der Waals surface area contributed by atoms with E-state index in [2.05, 4.69) is 10.5 Å². The number of aromatic nitrogens is 1. The van der Waals surface area contributed by atoms with Gasteiger partial charge in [-0.25, -0.2) is 4.39 Å². The summed E-state index contributed by atoms with van der Waals surface area (Å²) in [5.41, 5.74) is 0.845. The van der Waals surface area contributed by atoms with Gasteiger partial charge in [-0.1, -0.05) is 5.16 Å². The third-order valence-corrected chi connectivity index (χ3v) is 4.82. The smallest absolute Gasteiger partial charge is 0.242 e. The van der Waals surface area contributed by atoms with Gasteiger partial charge in [-0.15, -0.1) is 0 Å². The van der Waals surface area contributed by atoms with Crippen LogP contribution in [0.3, 0.4) is 0 Å². The van der Waals surface area contributed by atoms with Gasteiger partial charge in [-0.05, 0) is 39.0 Å². The normalized spacial score (nSPS) is 16.2. The zero-order valence-electron chi connectivity index (χ0n) is 15.7. The van der Waals surface area contributed by atoms with Crippen molar-refractivity contribution >= 4 is 23.2 Å². The molecule has 144 valence electrons. The first-order valence-electron chi connectivity index (χ1n) is 8.89. The van der Waals surface area contributed by atoms with Crippen LogP contribution < -0.4 is 10.2 Å². The van der Waals surface area contributed by atoms with Gasteiger partial charge in [0, 0.05) is 37.8 Å². The Hall–Kier alpha value is -2.74. The Kier molecular flexibility index (Phi) is 5.55. The maximum atomic E-state index is 14.3. The lowest BCUT2D eigenvalue weighted by molar-refractivity contribution is -0.120. The summed E-state index contributed by atoms with van der Waals surface area (Å²) >= 11 is 0. The van der Waals surface area contributed by atoms with E-state index in [1.807, 2.05) is 16.7 Å². The fraction of sp³-hybridized carbons (Fsp3) is 0.421. The standard InChI is InChI=1S/C19H23FN4O3/c1-12-10-18(22-27-12)21-19(26)13(2)23-6-8-24(9-7-23)17-5-4-15(14(3)25)11-16(17)20/h4-5,10-11,13H,6-9H2,1-3H3,(H,21,22,26). The molecule has 1 fully saturated rings. The summed E-state index contributed by atoms with van der Waals surface area (Å²) in [5.74, 6) is 0.310. The van der Waals surface area contributed by atoms with Crippen LogP contribution >= 0.6 is 0 Å². The molecule has 7 nitrogen and oxygen atoms in total.